The van der Waals surface area contributed by atoms with E-state index in [1.54, 1.807) is 12.1 Å². The number of benzene rings is 2. The summed E-state index contributed by atoms with van der Waals surface area (Å²) in [6.07, 6.45) is 0.839. The summed E-state index contributed by atoms with van der Waals surface area (Å²) in [6, 6.07) is 15.4. The van der Waals surface area contributed by atoms with Crippen LogP contribution >= 0.6 is 0 Å². The lowest BCUT2D eigenvalue weighted by Gasteiger charge is -2.06. The number of aldehydes is 1. The van der Waals surface area contributed by atoms with Crippen LogP contribution in [0.25, 0.3) is 11.1 Å². The van der Waals surface area contributed by atoms with Crippen molar-refractivity contribution in [2.75, 3.05) is 18.5 Å². The van der Waals surface area contributed by atoms with E-state index in [1.807, 2.05) is 36.4 Å². The minimum Gasteiger partial charge on any atom is -0.395 e. The number of hydrogen-bond acceptors (Lipinski definition) is 3. The van der Waals surface area contributed by atoms with E-state index in [1.165, 1.54) is 0 Å². The average molecular weight is 241 g/mol. The van der Waals surface area contributed by atoms with Gasteiger partial charge in [-0.15, -0.1) is 0 Å². The molecule has 0 aliphatic carbocycles. The van der Waals surface area contributed by atoms with Gasteiger partial charge in [-0.1, -0.05) is 36.4 Å². The lowest BCUT2D eigenvalue weighted by Crippen LogP contribution is -2.04. The lowest BCUT2D eigenvalue weighted by atomic mass is 10.0. The van der Waals surface area contributed by atoms with E-state index < -0.39 is 0 Å². The summed E-state index contributed by atoms with van der Waals surface area (Å²) in [5, 5.41) is 11.8. The molecule has 18 heavy (non-hydrogen) atoms. The van der Waals surface area contributed by atoms with Crippen LogP contribution in [0, 0.1) is 0 Å². The van der Waals surface area contributed by atoms with Crippen molar-refractivity contribution in [2.24, 2.45) is 0 Å². The van der Waals surface area contributed by atoms with E-state index in [4.69, 9.17) is 5.11 Å². The Balaban J connectivity index is 2.14. The largest absolute Gasteiger partial charge is 0.395 e. The van der Waals surface area contributed by atoms with Crippen molar-refractivity contribution in [1.29, 1.82) is 0 Å². The molecule has 0 atom stereocenters. The molecule has 92 valence electrons. The molecule has 0 aliphatic rings. The molecule has 0 aromatic heterocycles. The van der Waals surface area contributed by atoms with Gasteiger partial charge in [-0.05, 0) is 23.3 Å². The van der Waals surface area contributed by atoms with Crippen molar-refractivity contribution >= 4 is 12.0 Å². The monoisotopic (exact) mass is 241 g/mol. The van der Waals surface area contributed by atoms with Gasteiger partial charge in [-0.25, -0.2) is 0 Å². The first-order valence-electron chi connectivity index (χ1n) is 5.84. The highest BCUT2D eigenvalue weighted by Crippen LogP contribution is 2.21. The van der Waals surface area contributed by atoms with Crippen molar-refractivity contribution < 1.29 is 9.90 Å². The number of rotatable bonds is 5. The van der Waals surface area contributed by atoms with E-state index >= 15 is 0 Å². The number of nitrogens with one attached hydrogen (secondary N) is 1. The molecule has 0 fully saturated rings. The number of anilines is 1. The van der Waals surface area contributed by atoms with E-state index in [0.29, 0.717) is 12.1 Å². The Bertz CT molecular complexity index is 503. The van der Waals surface area contributed by atoms with Gasteiger partial charge in [0.2, 0.25) is 0 Å². The third-order valence-corrected chi connectivity index (χ3v) is 2.71. The number of aliphatic hydroxyl groups is 1. The van der Waals surface area contributed by atoms with Gasteiger partial charge >= 0.3 is 0 Å². The first-order valence-corrected chi connectivity index (χ1v) is 5.84. The molecule has 0 saturated heterocycles. The second-order valence-corrected chi connectivity index (χ2v) is 3.97. The highest BCUT2D eigenvalue weighted by Gasteiger charge is 1.98. The molecule has 3 heteroatoms. The van der Waals surface area contributed by atoms with E-state index in [-0.39, 0.29) is 6.61 Å². The summed E-state index contributed by atoms with van der Waals surface area (Å²) in [6.45, 7) is 0.669. The van der Waals surface area contributed by atoms with Gasteiger partial charge in [0, 0.05) is 17.8 Å². The SMILES string of the molecule is O=Cc1ccc(-c2ccc(NCCO)cc2)cc1. The van der Waals surface area contributed by atoms with Crippen LogP contribution in [0.15, 0.2) is 48.5 Å². The zero-order chi connectivity index (χ0) is 12.8. The van der Waals surface area contributed by atoms with Gasteiger partial charge < -0.3 is 10.4 Å². The fraction of sp³-hybridized carbons (Fsp3) is 0.133. The van der Waals surface area contributed by atoms with Gasteiger partial charge in [-0.2, -0.15) is 0 Å². The lowest BCUT2D eigenvalue weighted by molar-refractivity contribution is 0.112. The molecule has 2 aromatic carbocycles. The van der Waals surface area contributed by atoms with Crippen molar-refractivity contribution in [1.82, 2.24) is 0 Å². The van der Waals surface area contributed by atoms with Crippen molar-refractivity contribution in [3.8, 4) is 11.1 Å². The van der Waals surface area contributed by atoms with Crippen LogP contribution in [-0.2, 0) is 0 Å². The maximum absolute atomic E-state index is 10.6. The standard InChI is InChI=1S/C15H15NO2/c17-10-9-16-15-7-5-14(6-8-15)13-3-1-12(11-18)2-4-13/h1-8,11,16-17H,9-10H2. The molecular weight excluding hydrogens is 226 g/mol. The fourth-order valence-electron chi connectivity index (χ4n) is 1.73. The quantitative estimate of drug-likeness (QED) is 0.791. The van der Waals surface area contributed by atoms with Crippen molar-refractivity contribution in [3.05, 3.63) is 54.1 Å². The Labute approximate surface area is 106 Å². The van der Waals surface area contributed by atoms with E-state index in [2.05, 4.69) is 5.32 Å². The van der Waals surface area contributed by atoms with Gasteiger partial charge in [-0.3, -0.25) is 4.79 Å². The summed E-state index contributed by atoms with van der Waals surface area (Å²) in [4.78, 5) is 10.6. The molecule has 0 aliphatic heterocycles. The Morgan fingerprint density at radius 2 is 1.50 bits per heavy atom. The van der Waals surface area contributed by atoms with Gasteiger partial charge in [0.25, 0.3) is 0 Å². The maximum Gasteiger partial charge on any atom is 0.150 e. The summed E-state index contributed by atoms with van der Waals surface area (Å²) in [7, 11) is 0. The van der Waals surface area contributed by atoms with Crippen LogP contribution < -0.4 is 5.32 Å². The minimum absolute atomic E-state index is 0.120. The molecule has 2 aromatic rings. The van der Waals surface area contributed by atoms with E-state index in [9.17, 15) is 4.79 Å². The number of aliphatic hydroxyl groups excluding tert-OH is 1. The Kier molecular flexibility index (Phi) is 4.10. The molecule has 0 unspecified atom stereocenters. The highest BCUT2D eigenvalue weighted by atomic mass is 16.3. The first kappa shape index (κ1) is 12.3. The molecule has 0 heterocycles. The highest BCUT2D eigenvalue weighted by molar-refractivity contribution is 5.77. The Morgan fingerprint density at radius 3 is 2.00 bits per heavy atom. The van der Waals surface area contributed by atoms with Crippen LogP contribution in [0.1, 0.15) is 10.4 Å². The van der Waals surface area contributed by atoms with Crippen LogP contribution in [0.4, 0.5) is 5.69 Å². The summed E-state index contributed by atoms with van der Waals surface area (Å²) < 4.78 is 0. The third-order valence-electron chi connectivity index (χ3n) is 2.71. The third kappa shape index (κ3) is 2.96. The second-order valence-electron chi connectivity index (χ2n) is 3.97. The molecule has 0 bridgehead atoms. The minimum atomic E-state index is 0.120. The molecule has 0 spiro atoms. The zero-order valence-electron chi connectivity index (χ0n) is 9.97. The maximum atomic E-state index is 10.6. The molecular formula is C15H15NO2. The van der Waals surface area contributed by atoms with Gasteiger partial charge in [0.05, 0.1) is 6.61 Å². The Hall–Kier alpha value is -2.13. The molecule has 0 radical (unpaired) electrons. The molecule has 0 saturated carbocycles. The Morgan fingerprint density at radius 1 is 0.944 bits per heavy atom. The topological polar surface area (TPSA) is 49.3 Å². The molecule has 2 N–H and O–H groups in total. The average Bonchev–Trinajstić information content (AvgIpc) is 2.46. The van der Waals surface area contributed by atoms with Crippen LogP contribution in [0.5, 0.6) is 0 Å². The van der Waals surface area contributed by atoms with Gasteiger partial charge in [0.15, 0.2) is 0 Å². The number of carbonyl (C=O) groups excluding carboxylic acids is 1. The van der Waals surface area contributed by atoms with Crippen LogP contribution in [0.2, 0.25) is 0 Å². The number of carbonyl (C=O) groups is 1. The zero-order valence-corrected chi connectivity index (χ0v) is 9.97. The smallest absolute Gasteiger partial charge is 0.150 e. The second kappa shape index (κ2) is 5.98. The predicted octanol–water partition coefficient (Wildman–Crippen LogP) is 2.57. The van der Waals surface area contributed by atoms with Crippen LogP contribution in [-0.4, -0.2) is 24.5 Å². The molecule has 0 amide bonds. The normalized spacial score (nSPS) is 10.1. The summed E-state index contributed by atoms with van der Waals surface area (Å²) in [5.74, 6) is 0. The first-order chi connectivity index (χ1) is 8.83. The van der Waals surface area contributed by atoms with Gasteiger partial charge in [0.1, 0.15) is 6.29 Å². The molecule has 2 rings (SSSR count). The van der Waals surface area contributed by atoms with E-state index in [0.717, 1.165) is 23.1 Å². The predicted molar refractivity (Wildman–Crippen MR) is 72.8 cm³/mol. The van der Waals surface area contributed by atoms with Crippen LogP contribution in [0.3, 0.4) is 0 Å². The van der Waals surface area contributed by atoms with Crippen molar-refractivity contribution in [3.63, 3.8) is 0 Å². The fourth-order valence-corrected chi connectivity index (χ4v) is 1.73. The summed E-state index contributed by atoms with van der Waals surface area (Å²) in [5.41, 5.74) is 3.84. The van der Waals surface area contributed by atoms with Crippen molar-refractivity contribution in [2.45, 2.75) is 0 Å². The summed E-state index contributed by atoms with van der Waals surface area (Å²) >= 11 is 0. The number of hydrogen-bond donors (Lipinski definition) is 2. The molecule has 3 nitrogen and oxygen atoms in total.